The van der Waals surface area contributed by atoms with E-state index in [0.717, 1.165) is 0 Å². The first-order chi connectivity index (χ1) is 5.58. The second-order valence-corrected chi connectivity index (χ2v) is 2.80. The fourth-order valence-corrected chi connectivity index (χ4v) is 1.14. The summed E-state index contributed by atoms with van der Waals surface area (Å²) in [5.41, 5.74) is 4.68. The highest BCUT2D eigenvalue weighted by Crippen LogP contribution is 2.31. The molecule has 0 unspecified atom stereocenters. The minimum atomic E-state index is -3.03. The van der Waals surface area contributed by atoms with Crippen molar-refractivity contribution in [2.24, 2.45) is 5.73 Å². The van der Waals surface area contributed by atoms with Gasteiger partial charge in [-0.2, -0.15) is 8.78 Å². The van der Waals surface area contributed by atoms with Gasteiger partial charge in [-0.1, -0.05) is 29.8 Å². The molecule has 0 amide bonds. The van der Waals surface area contributed by atoms with Crippen LogP contribution in [0.15, 0.2) is 24.3 Å². The van der Waals surface area contributed by atoms with Crippen molar-refractivity contribution >= 4 is 11.6 Å². The molecule has 0 aliphatic rings. The van der Waals surface area contributed by atoms with Gasteiger partial charge in [-0.15, -0.1) is 0 Å². The summed E-state index contributed by atoms with van der Waals surface area (Å²) in [6, 6.07) is 5.79. The summed E-state index contributed by atoms with van der Waals surface area (Å²) in [7, 11) is 0. The highest BCUT2D eigenvalue weighted by molar-refractivity contribution is 6.31. The Morgan fingerprint density at radius 3 is 2.42 bits per heavy atom. The number of nitrogens with two attached hydrogens (primary N) is 1. The van der Waals surface area contributed by atoms with Crippen molar-refractivity contribution in [2.45, 2.75) is 5.92 Å². The predicted molar refractivity (Wildman–Crippen MR) is 44.4 cm³/mol. The molecule has 0 spiro atoms. The molecule has 1 aromatic carbocycles. The van der Waals surface area contributed by atoms with Gasteiger partial charge in [0.05, 0.1) is 6.54 Å². The van der Waals surface area contributed by atoms with E-state index in [-0.39, 0.29) is 10.6 Å². The number of rotatable bonds is 2. The monoisotopic (exact) mass is 191 g/mol. The Labute approximate surface area is 74.1 Å². The molecule has 1 aromatic rings. The molecule has 0 atom stereocenters. The van der Waals surface area contributed by atoms with Crippen molar-refractivity contribution in [3.8, 4) is 0 Å². The maximum atomic E-state index is 12.9. The van der Waals surface area contributed by atoms with Crippen LogP contribution < -0.4 is 5.73 Å². The minimum Gasteiger partial charge on any atom is -0.325 e. The molecule has 0 bridgehead atoms. The Bertz CT molecular complexity index is 276. The SMILES string of the molecule is NCC(F)(F)c1ccccc1Cl. The molecule has 0 aliphatic heterocycles. The molecule has 1 rings (SSSR count). The summed E-state index contributed by atoms with van der Waals surface area (Å²) in [5.74, 6) is -3.03. The van der Waals surface area contributed by atoms with Crippen molar-refractivity contribution in [1.82, 2.24) is 0 Å². The average molecular weight is 192 g/mol. The van der Waals surface area contributed by atoms with Crippen LogP contribution in [-0.4, -0.2) is 6.54 Å². The first-order valence-corrected chi connectivity index (χ1v) is 3.78. The third kappa shape index (κ3) is 1.73. The maximum absolute atomic E-state index is 12.9. The van der Waals surface area contributed by atoms with Crippen LogP contribution in [0.4, 0.5) is 8.78 Å². The quantitative estimate of drug-likeness (QED) is 0.763. The number of benzene rings is 1. The predicted octanol–water partition coefficient (Wildman–Crippen LogP) is 2.39. The van der Waals surface area contributed by atoms with Gasteiger partial charge in [0.1, 0.15) is 0 Å². The average Bonchev–Trinajstić information content (AvgIpc) is 2.05. The van der Waals surface area contributed by atoms with E-state index in [0.29, 0.717) is 0 Å². The molecule has 2 N–H and O–H groups in total. The zero-order chi connectivity index (χ0) is 9.19. The van der Waals surface area contributed by atoms with Crippen LogP contribution in [0.2, 0.25) is 5.02 Å². The van der Waals surface area contributed by atoms with Crippen molar-refractivity contribution in [3.05, 3.63) is 34.9 Å². The van der Waals surface area contributed by atoms with Gasteiger partial charge in [0, 0.05) is 10.6 Å². The molecule has 0 saturated heterocycles. The molecule has 0 fully saturated rings. The first-order valence-electron chi connectivity index (χ1n) is 3.41. The van der Waals surface area contributed by atoms with E-state index >= 15 is 0 Å². The molecule has 0 saturated carbocycles. The van der Waals surface area contributed by atoms with Gasteiger partial charge in [0.15, 0.2) is 0 Å². The third-order valence-corrected chi connectivity index (χ3v) is 1.85. The summed E-state index contributed by atoms with van der Waals surface area (Å²) in [4.78, 5) is 0. The lowest BCUT2D eigenvalue weighted by Crippen LogP contribution is -2.25. The van der Waals surface area contributed by atoms with Gasteiger partial charge >= 0.3 is 0 Å². The zero-order valence-electron chi connectivity index (χ0n) is 6.23. The number of hydrogen-bond donors (Lipinski definition) is 1. The van der Waals surface area contributed by atoms with Gasteiger partial charge in [0.2, 0.25) is 0 Å². The fraction of sp³-hybridized carbons (Fsp3) is 0.250. The van der Waals surface area contributed by atoms with Crippen LogP contribution in [-0.2, 0) is 5.92 Å². The molecular weight excluding hydrogens is 184 g/mol. The lowest BCUT2D eigenvalue weighted by Gasteiger charge is -2.14. The van der Waals surface area contributed by atoms with Gasteiger partial charge in [-0.25, -0.2) is 0 Å². The van der Waals surface area contributed by atoms with Crippen LogP contribution in [0.25, 0.3) is 0 Å². The van der Waals surface area contributed by atoms with Gasteiger partial charge < -0.3 is 5.73 Å². The topological polar surface area (TPSA) is 26.0 Å². The van der Waals surface area contributed by atoms with Crippen molar-refractivity contribution in [2.75, 3.05) is 6.54 Å². The van der Waals surface area contributed by atoms with Crippen LogP contribution in [0.1, 0.15) is 5.56 Å². The molecule has 1 nitrogen and oxygen atoms in total. The van der Waals surface area contributed by atoms with Gasteiger partial charge in [-0.3, -0.25) is 0 Å². The van der Waals surface area contributed by atoms with Crippen LogP contribution in [0.3, 0.4) is 0 Å². The number of hydrogen-bond acceptors (Lipinski definition) is 1. The molecule has 0 aromatic heterocycles. The van der Waals surface area contributed by atoms with E-state index < -0.39 is 12.5 Å². The molecule has 66 valence electrons. The van der Waals surface area contributed by atoms with Gasteiger partial charge in [-0.05, 0) is 6.07 Å². The lowest BCUT2D eigenvalue weighted by atomic mass is 10.1. The molecule has 0 radical (unpaired) electrons. The number of alkyl halides is 2. The molecule has 0 heterocycles. The summed E-state index contributed by atoms with van der Waals surface area (Å²) in [5, 5.41) is 0.0490. The first kappa shape index (κ1) is 9.42. The summed E-state index contributed by atoms with van der Waals surface area (Å²) >= 11 is 5.55. The lowest BCUT2D eigenvalue weighted by molar-refractivity contribution is 0.00607. The Kier molecular flexibility index (Phi) is 2.65. The molecule has 12 heavy (non-hydrogen) atoms. The number of halogens is 3. The van der Waals surface area contributed by atoms with E-state index in [9.17, 15) is 8.78 Å². The molecule has 0 aliphatic carbocycles. The highest BCUT2D eigenvalue weighted by atomic mass is 35.5. The molecular formula is C8H8ClF2N. The standard InChI is InChI=1S/C8H8ClF2N/c9-7-4-2-1-3-6(7)8(10,11)5-12/h1-4H,5,12H2. The van der Waals surface area contributed by atoms with E-state index in [4.69, 9.17) is 17.3 Å². The largest absolute Gasteiger partial charge is 0.325 e. The second kappa shape index (κ2) is 3.37. The zero-order valence-corrected chi connectivity index (χ0v) is 6.98. The van der Waals surface area contributed by atoms with Crippen molar-refractivity contribution in [3.63, 3.8) is 0 Å². The molecule has 4 heteroatoms. The Balaban J connectivity index is 3.10. The third-order valence-electron chi connectivity index (χ3n) is 1.52. The van der Waals surface area contributed by atoms with Gasteiger partial charge in [0.25, 0.3) is 5.92 Å². The highest BCUT2D eigenvalue weighted by Gasteiger charge is 2.31. The maximum Gasteiger partial charge on any atom is 0.286 e. The van der Waals surface area contributed by atoms with Crippen molar-refractivity contribution in [1.29, 1.82) is 0 Å². The Morgan fingerprint density at radius 2 is 1.92 bits per heavy atom. The summed E-state index contributed by atoms with van der Waals surface area (Å²) < 4.78 is 25.9. The Hall–Kier alpha value is -0.670. The smallest absolute Gasteiger partial charge is 0.286 e. The van der Waals surface area contributed by atoms with E-state index in [1.807, 2.05) is 0 Å². The fourth-order valence-electron chi connectivity index (χ4n) is 0.868. The summed E-state index contributed by atoms with van der Waals surface area (Å²) in [6.45, 7) is -0.725. The van der Waals surface area contributed by atoms with Crippen LogP contribution in [0.5, 0.6) is 0 Å². The Morgan fingerprint density at radius 1 is 1.33 bits per heavy atom. The second-order valence-electron chi connectivity index (χ2n) is 2.39. The van der Waals surface area contributed by atoms with Crippen molar-refractivity contribution < 1.29 is 8.78 Å². The minimum absolute atomic E-state index is 0.0490. The summed E-state index contributed by atoms with van der Waals surface area (Å²) in [6.07, 6.45) is 0. The van der Waals surface area contributed by atoms with Crippen LogP contribution in [0, 0.1) is 0 Å². The van der Waals surface area contributed by atoms with E-state index in [2.05, 4.69) is 0 Å². The normalized spacial score (nSPS) is 11.7. The van der Waals surface area contributed by atoms with Crippen LogP contribution >= 0.6 is 11.6 Å². The van der Waals surface area contributed by atoms with E-state index in [1.54, 1.807) is 6.07 Å². The van der Waals surface area contributed by atoms with E-state index in [1.165, 1.54) is 18.2 Å².